The summed E-state index contributed by atoms with van der Waals surface area (Å²) in [5.74, 6) is 0.596. The Bertz CT molecular complexity index is 257. The van der Waals surface area contributed by atoms with Crippen LogP contribution in [0.4, 0.5) is 0 Å². The average molecular weight is 165 g/mol. The van der Waals surface area contributed by atoms with E-state index in [1.807, 2.05) is 6.08 Å². The molecule has 0 saturated carbocycles. The summed E-state index contributed by atoms with van der Waals surface area (Å²) in [6, 6.07) is 0.0729. The number of carbonyl (C=O) groups is 2. The molecule has 3 heteroatoms. The van der Waals surface area contributed by atoms with Crippen molar-refractivity contribution >= 4 is 11.7 Å². The van der Waals surface area contributed by atoms with E-state index in [0.29, 0.717) is 18.8 Å². The number of rotatable bonds is 0. The molecule has 1 aliphatic carbocycles. The van der Waals surface area contributed by atoms with E-state index in [4.69, 9.17) is 0 Å². The standard InChI is InChI=1S/C9H11NO2/c11-7-3-1-6-2-4-9(12)10-8(6)5-7/h1,3,6,8H,2,4-5H2,(H,10,12). The van der Waals surface area contributed by atoms with E-state index in [9.17, 15) is 9.59 Å². The molecule has 0 aromatic carbocycles. The van der Waals surface area contributed by atoms with E-state index in [2.05, 4.69) is 5.32 Å². The summed E-state index contributed by atoms with van der Waals surface area (Å²) in [5, 5.41) is 2.84. The lowest BCUT2D eigenvalue weighted by molar-refractivity contribution is -0.124. The molecular formula is C9H11NO2. The second kappa shape index (κ2) is 2.73. The smallest absolute Gasteiger partial charge is 0.220 e. The maximum atomic E-state index is 11.0. The Morgan fingerprint density at radius 1 is 1.42 bits per heavy atom. The fourth-order valence-electron chi connectivity index (χ4n) is 1.83. The van der Waals surface area contributed by atoms with Crippen molar-refractivity contribution in [2.24, 2.45) is 5.92 Å². The summed E-state index contributed by atoms with van der Waals surface area (Å²) in [5.41, 5.74) is 0. The summed E-state index contributed by atoms with van der Waals surface area (Å²) >= 11 is 0. The lowest BCUT2D eigenvalue weighted by Gasteiger charge is -2.31. The SMILES string of the molecule is O=C1C=CC2CCC(=O)NC2C1. The minimum atomic E-state index is 0.0729. The van der Waals surface area contributed by atoms with Crippen LogP contribution in [0.5, 0.6) is 0 Å². The van der Waals surface area contributed by atoms with Crippen molar-refractivity contribution in [3.8, 4) is 0 Å². The van der Waals surface area contributed by atoms with Gasteiger partial charge in [-0.1, -0.05) is 6.08 Å². The molecule has 1 fully saturated rings. The number of nitrogens with one attached hydrogen (secondary N) is 1. The van der Waals surface area contributed by atoms with Crippen LogP contribution < -0.4 is 5.32 Å². The van der Waals surface area contributed by atoms with Crippen LogP contribution in [0.1, 0.15) is 19.3 Å². The van der Waals surface area contributed by atoms with Gasteiger partial charge in [-0.25, -0.2) is 0 Å². The molecular weight excluding hydrogens is 154 g/mol. The molecule has 1 saturated heterocycles. The zero-order valence-electron chi connectivity index (χ0n) is 6.75. The van der Waals surface area contributed by atoms with Gasteiger partial charge in [-0.15, -0.1) is 0 Å². The normalized spacial score (nSPS) is 34.3. The van der Waals surface area contributed by atoms with Crippen LogP contribution in [0.15, 0.2) is 12.2 Å². The van der Waals surface area contributed by atoms with Gasteiger partial charge < -0.3 is 5.32 Å². The zero-order chi connectivity index (χ0) is 8.55. The fourth-order valence-corrected chi connectivity index (χ4v) is 1.83. The van der Waals surface area contributed by atoms with E-state index < -0.39 is 0 Å². The molecule has 0 spiro atoms. The Hall–Kier alpha value is -1.12. The van der Waals surface area contributed by atoms with Gasteiger partial charge in [0.1, 0.15) is 0 Å². The first-order chi connectivity index (χ1) is 5.75. The van der Waals surface area contributed by atoms with Gasteiger partial charge in [-0.3, -0.25) is 9.59 Å². The van der Waals surface area contributed by atoms with Gasteiger partial charge in [-0.2, -0.15) is 0 Å². The third-order valence-electron chi connectivity index (χ3n) is 2.52. The maximum absolute atomic E-state index is 11.0. The topological polar surface area (TPSA) is 46.2 Å². The number of hydrogen-bond donors (Lipinski definition) is 1. The second-order valence-corrected chi connectivity index (χ2v) is 3.41. The van der Waals surface area contributed by atoms with Gasteiger partial charge >= 0.3 is 0 Å². The molecule has 0 bridgehead atoms. The average Bonchev–Trinajstić information content (AvgIpc) is 2.03. The summed E-state index contributed by atoms with van der Waals surface area (Å²) in [6.45, 7) is 0. The highest BCUT2D eigenvalue weighted by molar-refractivity contribution is 5.92. The predicted octanol–water partition coefficient (Wildman–Crippen LogP) is 0.410. The molecule has 2 aliphatic rings. The minimum Gasteiger partial charge on any atom is -0.352 e. The Balaban J connectivity index is 2.13. The van der Waals surface area contributed by atoms with Crippen molar-refractivity contribution in [2.75, 3.05) is 0 Å². The Labute approximate surface area is 70.8 Å². The molecule has 2 unspecified atom stereocenters. The van der Waals surface area contributed by atoms with Gasteiger partial charge in [0.05, 0.1) is 0 Å². The van der Waals surface area contributed by atoms with Crippen LogP contribution in [0.3, 0.4) is 0 Å². The molecule has 2 rings (SSSR count). The van der Waals surface area contributed by atoms with Crippen molar-refractivity contribution in [3.05, 3.63) is 12.2 Å². The third-order valence-corrected chi connectivity index (χ3v) is 2.52. The van der Waals surface area contributed by atoms with Crippen LogP contribution in [0.2, 0.25) is 0 Å². The molecule has 0 aromatic rings. The number of piperidine rings is 1. The van der Waals surface area contributed by atoms with Crippen LogP contribution >= 0.6 is 0 Å². The lowest BCUT2D eigenvalue weighted by atomic mass is 9.83. The molecule has 1 amide bonds. The van der Waals surface area contributed by atoms with Gasteiger partial charge in [0.2, 0.25) is 5.91 Å². The third kappa shape index (κ3) is 1.26. The molecule has 1 N–H and O–H groups in total. The number of hydrogen-bond acceptors (Lipinski definition) is 2. The first-order valence-electron chi connectivity index (χ1n) is 4.26. The summed E-state index contributed by atoms with van der Waals surface area (Å²) < 4.78 is 0. The molecule has 64 valence electrons. The molecule has 0 radical (unpaired) electrons. The van der Waals surface area contributed by atoms with Crippen molar-refractivity contribution in [1.82, 2.24) is 5.32 Å². The van der Waals surface area contributed by atoms with Crippen LogP contribution in [-0.4, -0.2) is 17.7 Å². The van der Waals surface area contributed by atoms with Crippen LogP contribution in [0.25, 0.3) is 0 Å². The first kappa shape index (κ1) is 7.53. The van der Waals surface area contributed by atoms with Crippen molar-refractivity contribution in [2.45, 2.75) is 25.3 Å². The monoisotopic (exact) mass is 165 g/mol. The molecule has 0 aromatic heterocycles. The van der Waals surface area contributed by atoms with E-state index in [-0.39, 0.29) is 17.7 Å². The van der Waals surface area contributed by atoms with Crippen molar-refractivity contribution in [1.29, 1.82) is 0 Å². The number of carbonyl (C=O) groups excluding carboxylic acids is 2. The highest BCUT2D eigenvalue weighted by Crippen LogP contribution is 2.24. The molecule has 1 heterocycles. The Morgan fingerprint density at radius 2 is 2.25 bits per heavy atom. The van der Waals surface area contributed by atoms with Crippen LogP contribution in [-0.2, 0) is 9.59 Å². The van der Waals surface area contributed by atoms with E-state index >= 15 is 0 Å². The second-order valence-electron chi connectivity index (χ2n) is 3.41. The number of allylic oxidation sites excluding steroid dienone is 1. The largest absolute Gasteiger partial charge is 0.352 e. The van der Waals surface area contributed by atoms with E-state index in [1.165, 1.54) is 0 Å². The summed E-state index contributed by atoms with van der Waals surface area (Å²) in [6.07, 6.45) is 5.53. The van der Waals surface area contributed by atoms with Gasteiger partial charge in [0.15, 0.2) is 5.78 Å². The highest BCUT2D eigenvalue weighted by atomic mass is 16.2. The van der Waals surface area contributed by atoms with E-state index in [0.717, 1.165) is 6.42 Å². The molecule has 1 aliphatic heterocycles. The van der Waals surface area contributed by atoms with Crippen molar-refractivity contribution in [3.63, 3.8) is 0 Å². The van der Waals surface area contributed by atoms with E-state index in [1.54, 1.807) is 6.08 Å². The van der Waals surface area contributed by atoms with Crippen molar-refractivity contribution < 1.29 is 9.59 Å². The predicted molar refractivity (Wildman–Crippen MR) is 43.4 cm³/mol. The first-order valence-corrected chi connectivity index (χ1v) is 4.26. The fraction of sp³-hybridized carbons (Fsp3) is 0.556. The van der Waals surface area contributed by atoms with Gasteiger partial charge in [-0.05, 0) is 18.4 Å². The van der Waals surface area contributed by atoms with Crippen LogP contribution in [0, 0.1) is 5.92 Å². The highest BCUT2D eigenvalue weighted by Gasteiger charge is 2.30. The lowest BCUT2D eigenvalue weighted by Crippen LogP contribution is -2.46. The molecule has 3 nitrogen and oxygen atoms in total. The maximum Gasteiger partial charge on any atom is 0.220 e. The summed E-state index contributed by atoms with van der Waals surface area (Å²) in [4.78, 5) is 22.0. The van der Waals surface area contributed by atoms with Gasteiger partial charge in [0, 0.05) is 18.9 Å². The number of amides is 1. The molecule has 12 heavy (non-hydrogen) atoms. The number of fused-ring (bicyclic) bond motifs is 1. The molecule has 2 atom stereocenters. The van der Waals surface area contributed by atoms with Gasteiger partial charge in [0.25, 0.3) is 0 Å². The quantitative estimate of drug-likeness (QED) is 0.565. The minimum absolute atomic E-state index is 0.0729. The Kier molecular flexibility index (Phi) is 1.71. The number of ketones is 1. The Morgan fingerprint density at radius 3 is 3.08 bits per heavy atom. The summed E-state index contributed by atoms with van der Waals surface area (Å²) in [7, 11) is 0. The zero-order valence-corrected chi connectivity index (χ0v) is 6.75.